The van der Waals surface area contributed by atoms with Gasteiger partial charge < -0.3 is 0 Å². The zero-order chi connectivity index (χ0) is 14.5. The van der Waals surface area contributed by atoms with Crippen molar-refractivity contribution in [3.63, 3.8) is 0 Å². The zero-order valence-corrected chi connectivity index (χ0v) is 12.0. The summed E-state index contributed by atoms with van der Waals surface area (Å²) >= 11 is 0. The van der Waals surface area contributed by atoms with Crippen molar-refractivity contribution in [1.29, 1.82) is 0 Å². The summed E-state index contributed by atoms with van der Waals surface area (Å²) in [5.74, 6) is 0. The fourth-order valence-electron chi connectivity index (χ4n) is 1.39. The first kappa shape index (κ1) is 15.3. The van der Waals surface area contributed by atoms with E-state index in [1.165, 1.54) is 12.1 Å². The van der Waals surface area contributed by atoms with Crippen LogP contribution in [0, 0.1) is 20.8 Å². The molecule has 0 aliphatic carbocycles. The first-order chi connectivity index (χ1) is 8.79. The van der Waals surface area contributed by atoms with Crippen molar-refractivity contribution >= 4 is 10.1 Å². The van der Waals surface area contributed by atoms with Crippen molar-refractivity contribution in [2.24, 2.45) is 0 Å². The number of hydrogen-bond donors (Lipinski definition) is 1. The Morgan fingerprint density at radius 1 is 0.895 bits per heavy atom. The predicted molar refractivity (Wildman–Crippen MR) is 74.7 cm³/mol. The average molecular weight is 279 g/mol. The van der Waals surface area contributed by atoms with E-state index in [-0.39, 0.29) is 4.90 Å². The molecule has 0 saturated carbocycles. The third-order valence-electron chi connectivity index (χ3n) is 2.35. The van der Waals surface area contributed by atoms with Crippen LogP contribution in [0.5, 0.6) is 0 Å². The number of benzene rings is 1. The van der Waals surface area contributed by atoms with Gasteiger partial charge in [0.15, 0.2) is 0 Å². The molecule has 2 aromatic rings. The average Bonchev–Trinajstić information content (AvgIpc) is 2.28. The van der Waals surface area contributed by atoms with Gasteiger partial charge in [0, 0.05) is 11.4 Å². The van der Waals surface area contributed by atoms with Crippen LogP contribution in [0.1, 0.15) is 17.0 Å². The minimum atomic E-state index is -4.02. The number of rotatable bonds is 1. The Balaban J connectivity index is 0.000000200. The van der Waals surface area contributed by atoms with Crippen LogP contribution in [0.3, 0.4) is 0 Å². The maximum absolute atomic E-state index is 10.5. The van der Waals surface area contributed by atoms with Crippen LogP contribution in [0.4, 0.5) is 0 Å². The van der Waals surface area contributed by atoms with E-state index in [9.17, 15) is 8.42 Å². The summed E-state index contributed by atoms with van der Waals surface area (Å²) in [7, 11) is -4.02. The standard InChI is InChI=1S/C7H9N.C7H8O3S/c1-6-4-3-5-7(2)8-6;1-6-2-4-7(5-3-6)11(8,9)10/h3-5H,1-2H3;2-5H,1H3,(H,8,9,10). The lowest BCUT2D eigenvalue weighted by Crippen LogP contribution is -1.96. The summed E-state index contributed by atoms with van der Waals surface area (Å²) in [4.78, 5) is 4.11. The molecule has 2 rings (SSSR count). The minimum absolute atomic E-state index is 0.0666. The highest BCUT2D eigenvalue weighted by atomic mass is 32.2. The molecule has 1 aromatic heterocycles. The van der Waals surface area contributed by atoms with Gasteiger partial charge in [0.2, 0.25) is 0 Å². The number of aromatic nitrogens is 1. The van der Waals surface area contributed by atoms with Crippen LogP contribution in [0.15, 0.2) is 47.4 Å². The summed E-state index contributed by atoms with van der Waals surface area (Å²) in [5, 5.41) is 0. The quantitative estimate of drug-likeness (QED) is 0.815. The smallest absolute Gasteiger partial charge is 0.282 e. The molecule has 1 heterocycles. The predicted octanol–water partition coefficient (Wildman–Crippen LogP) is 2.94. The summed E-state index contributed by atoms with van der Waals surface area (Å²) in [6, 6.07) is 12.0. The fraction of sp³-hybridized carbons (Fsp3) is 0.214. The maximum atomic E-state index is 10.5. The SMILES string of the molecule is Cc1ccc(S(=O)(=O)O)cc1.Cc1cccc(C)n1. The van der Waals surface area contributed by atoms with Crippen molar-refractivity contribution in [3.8, 4) is 0 Å². The highest BCUT2D eigenvalue weighted by Crippen LogP contribution is 2.08. The highest BCUT2D eigenvalue weighted by molar-refractivity contribution is 7.85. The van der Waals surface area contributed by atoms with E-state index in [1.807, 2.05) is 39.0 Å². The van der Waals surface area contributed by atoms with Crippen molar-refractivity contribution < 1.29 is 13.0 Å². The summed E-state index contributed by atoms with van der Waals surface area (Å²) in [6.07, 6.45) is 0. The Hall–Kier alpha value is -1.72. The highest BCUT2D eigenvalue weighted by Gasteiger charge is 2.06. The lowest BCUT2D eigenvalue weighted by Gasteiger charge is -1.95. The summed E-state index contributed by atoms with van der Waals surface area (Å²) in [5.41, 5.74) is 3.13. The lowest BCUT2D eigenvalue weighted by molar-refractivity contribution is 0.483. The van der Waals surface area contributed by atoms with Gasteiger partial charge in [-0.1, -0.05) is 23.8 Å². The van der Waals surface area contributed by atoms with Crippen LogP contribution in [0.25, 0.3) is 0 Å². The number of hydrogen-bond acceptors (Lipinski definition) is 3. The third-order valence-corrected chi connectivity index (χ3v) is 3.21. The third kappa shape index (κ3) is 5.63. The van der Waals surface area contributed by atoms with Crippen LogP contribution < -0.4 is 0 Å². The first-order valence-corrected chi connectivity index (χ1v) is 7.17. The van der Waals surface area contributed by atoms with E-state index in [1.54, 1.807) is 12.1 Å². The van der Waals surface area contributed by atoms with Gasteiger partial charge in [-0.3, -0.25) is 9.54 Å². The summed E-state index contributed by atoms with van der Waals surface area (Å²) in [6.45, 7) is 5.83. The van der Waals surface area contributed by atoms with E-state index in [0.29, 0.717) is 0 Å². The molecule has 4 nitrogen and oxygen atoms in total. The van der Waals surface area contributed by atoms with E-state index in [0.717, 1.165) is 17.0 Å². The number of pyridine rings is 1. The van der Waals surface area contributed by atoms with Crippen LogP contribution >= 0.6 is 0 Å². The van der Waals surface area contributed by atoms with Crippen LogP contribution in [-0.2, 0) is 10.1 Å². The second kappa shape index (κ2) is 6.45. The topological polar surface area (TPSA) is 67.3 Å². The Morgan fingerprint density at radius 2 is 1.37 bits per heavy atom. The Morgan fingerprint density at radius 3 is 1.68 bits per heavy atom. The van der Waals surface area contributed by atoms with Crippen LogP contribution in [-0.4, -0.2) is 18.0 Å². The molecular weight excluding hydrogens is 262 g/mol. The second-order valence-corrected chi connectivity index (χ2v) is 5.63. The monoisotopic (exact) mass is 279 g/mol. The molecule has 0 aliphatic rings. The van der Waals surface area contributed by atoms with Crippen molar-refractivity contribution in [2.45, 2.75) is 25.7 Å². The zero-order valence-electron chi connectivity index (χ0n) is 11.2. The van der Waals surface area contributed by atoms with Crippen LogP contribution in [0.2, 0.25) is 0 Å². The maximum Gasteiger partial charge on any atom is 0.294 e. The normalized spacial score (nSPS) is 10.5. The van der Waals surface area contributed by atoms with Gasteiger partial charge in [-0.2, -0.15) is 8.42 Å². The van der Waals surface area contributed by atoms with Crippen molar-refractivity contribution in [2.75, 3.05) is 0 Å². The van der Waals surface area contributed by atoms with Gasteiger partial charge in [0.05, 0.1) is 4.90 Å². The van der Waals surface area contributed by atoms with Gasteiger partial charge >= 0.3 is 0 Å². The van der Waals surface area contributed by atoms with Gasteiger partial charge in [-0.25, -0.2) is 0 Å². The van der Waals surface area contributed by atoms with Gasteiger partial charge in [0.1, 0.15) is 0 Å². The molecule has 0 fully saturated rings. The molecule has 0 bridgehead atoms. The van der Waals surface area contributed by atoms with E-state index in [4.69, 9.17) is 4.55 Å². The molecule has 19 heavy (non-hydrogen) atoms. The largest absolute Gasteiger partial charge is 0.294 e. The lowest BCUT2D eigenvalue weighted by atomic mass is 10.2. The van der Waals surface area contributed by atoms with Gasteiger partial charge in [-0.05, 0) is 45.0 Å². The molecule has 0 aliphatic heterocycles. The second-order valence-electron chi connectivity index (χ2n) is 4.21. The molecule has 1 N–H and O–H groups in total. The molecule has 0 saturated heterocycles. The van der Waals surface area contributed by atoms with E-state index in [2.05, 4.69) is 4.98 Å². The molecule has 0 radical (unpaired) electrons. The fourth-order valence-corrected chi connectivity index (χ4v) is 1.87. The molecule has 1 aromatic carbocycles. The van der Waals surface area contributed by atoms with Crippen molar-refractivity contribution in [3.05, 3.63) is 59.4 Å². The Labute approximate surface area is 113 Å². The van der Waals surface area contributed by atoms with E-state index >= 15 is 0 Å². The first-order valence-electron chi connectivity index (χ1n) is 5.73. The van der Waals surface area contributed by atoms with E-state index < -0.39 is 10.1 Å². The van der Waals surface area contributed by atoms with Gasteiger partial charge in [-0.15, -0.1) is 0 Å². The summed E-state index contributed by atoms with van der Waals surface area (Å²) < 4.78 is 29.6. The molecule has 0 atom stereocenters. The van der Waals surface area contributed by atoms with Gasteiger partial charge in [0.25, 0.3) is 10.1 Å². The molecule has 0 unspecified atom stereocenters. The molecule has 0 spiro atoms. The number of nitrogens with zero attached hydrogens (tertiary/aromatic N) is 1. The van der Waals surface area contributed by atoms with Crippen molar-refractivity contribution in [1.82, 2.24) is 4.98 Å². The Kier molecular flexibility index (Phi) is 5.20. The Bertz CT molecular complexity index is 617. The molecule has 5 heteroatoms. The molecule has 0 amide bonds. The number of aryl methyl sites for hydroxylation is 3. The molecular formula is C14H17NO3S. The molecule has 102 valence electrons. The minimum Gasteiger partial charge on any atom is -0.282 e.